The third-order valence-electron chi connectivity index (χ3n) is 3.81. The van der Waals surface area contributed by atoms with Gasteiger partial charge in [-0.2, -0.15) is 0 Å². The molecule has 0 heterocycles. The van der Waals surface area contributed by atoms with Gasteiger partial charge in [0, 0.05) is 11.6 Å². The Balaban J connectivity index is 1.64. The van der Waals surface area contributed by atoms with Crippen molar-refractivity contribution in [3.63, 3.8) is 0 Å². The molecule has 0 aliphatic heterocycles. The van der Waals surface area contributed by atoms with Gasteiger partial charge in [0.1, 0.15) is 5.75 Å². The second-order valence-corrected chi connectivity index (χ2v) is 6.01. The second kappa shape index (κ2) is 7.37. The van der Waals surface area contributed by atoms with E-state index in [1.54, 1.807) is 31.2 Å². The zero-order chi connectivity index (χ0) is 16.9. The van der Waals surface area contributed by atoms with Crippen molar-refractivity contribution in [2.75, 3.05) is 0 Å². The Morgan fingerprint density at radius 2 is 1.83 bits per heavy atom. The third-order valence-corrected chi connectivity index (χ3v) is 4.05. The summed E-state index contributed by atoms with van der Waals surface area (Å²) in [5.74, 6) is 0.415. The maximum atomic E-state index is 12.3. The van der Waals surface area contributed by atoms with Gasteiger partial charge in [0.15, 0.2) is 6.10 Å². The van der Waals surface area contributed by atoms with Gasteiger partial charge in [-0.15, -0.1) is 0 Å². The summed E-state index contributed by atoms with van der Waals surface area (Å²) in [4.78, 5) is 12.3. The van der Waals surface area contributed by atoms with Crippen LogP contribution in [0, 0.1) is 0 Å². The molecule has 0 aromatic heterocycles. The molecule has 1 amide bonds. The summed E-state index contributed by atoms with van der Waals surface area (Å²) in [5, 5.41) is 5.81. The molecule has 3 nitrogen and oxygen atoms in total. The first-order chi connectivity index (χ1) is 11.6. The van der Waals surface area contributed by atoms with E-state index < -0.39 is 6.10 Å². The lowest BCUT2D eigenvalue weighted by atomic mass is 10.0. The molecule has 4 heteroatoms. The number of fused-ring (bicyclic) bond motifs is 1. The zero-order valence-corrected chi connectivity index (χ0v) is 14.1. The van der Waals surface area contributed by atoms with Gasteiger partial charge >= 0.3 is 0 Å². The van der Waals surface area contributed by atoms with E-state index in [-0.39, 0.29) is 5.91 Å². The molecule has 24 heavy (non-hydrogen) atoms. The Hall–Kier alpha value is -2.52. The summed E-state index contributed by atoms with van der Waals surface area (Å²) in [7, 11) is 0. The molecule has 0 unspecified atom stereocenters. The van der Waals surface area contributed by atoms with Gasteiger partial charge in [-0.1, -0.05) is 60.1 Å². The fourth-order valence-corrected chi connectivity index (χ4v) is 2.75. The van der Waals surface area contributed by atoms with E-state index in [1.807, 2.05) is 24.3 Å². The molecule has 122 valence electrons. The van der Waals surface area contributed by atoms with Gasteiger partial charge in [-0.25, -0.2) is 0 Å². The summed E-state index contributed by atoms with van der Waals surface area (Å²) in [6.45, 7) is 2.18. The molecule has 0 saturated heterocycles. The van der Waals surface area contributed by atoms with Crippen LogP contribution in [-0.4, -0.2) is 12.0 Å². The summed E-state index contributed by atoms with van der Waals surface area (Å²) < 4.78 is 5.64. The first-order valence-electron chi connectivity index (χ1n) is 7.80. The van der Waals surface area contributed by atoms with Crippen molar-refractivity contribution in [2.24, 2.45) is 0 Å². The normalized spacial score (nSPS) is 11.9. The fourth-order valence-electron chi connectivity index (χ4n) is 2.57. The molecule has 0 aliphatic carbocycles. The van der Waals surface area contributed by atoms with Crippen molar-refractivity contribution in [1.82, 2.24) is 5.32 Å². The van der Waals surface area contributed by atoms with Crippen molar-refractivity contribution in [3.8, 4) is 5.75 Å². The van der Waals surface area contributed by atoms with Crippen LogP contribution in [0.5, 0.6) is 5.75 Å². The van der Waals surface area contributed by atoms with E-state index in [9.17, 15) is 4.79 Å². The first-order valence-corrected chi connectivity index (χ1v) is 8.18. The number of hydrogen-bond donors (Lipinski definition) is 1. The van der Waals surface area contributed by atoms with Gasteiger partial charge in [-0.05, 0) is 41.5 Å². The highest BCUT2D eigenvalue weighted by Crippen LogP contribution is 2.19. The Bertz CT molecular complexity index is 858. The van der Waals surface area contributed by atoms with Crippen LogP contribution in [-0.2, 0) is 11.3 Å². The average Bonchev–Trinajstić information content (AvgIpc) is 2.59. The number of benzene rings is 3. The average molecular weight is 340 g/mol. The molecule has 0 radical (unpaired) electrons. The maximum Gasteiger partial charge on any atom is 0.261 e. The van der Waals surface area contributed by atoms with Crippen LogP contribution in [0.1, 0.15) is 12.5 Å². The monoisotopic (exact) mass is 339 g/mol. The molecule has 0 aliphatic rings. The third kappa shape index (κ3) is 3.87. The van der Waals surface area contributed by atoms with Gasteiger partial charge in [0.05, 0.1) is 0 Å². The van der Waals surface area contributed by atoms with Crippen LogP contribution in [0.3, 0.4) is 0 Å². The largest absolute Gasteiger partial charge is 0.481 e. The predicted octanol–water partition coefficient (Wildman–Crippen LogP) is 4.58. The van der Waals surface area contributed by atoms with E-state index in [0.29, 0.717) is 17.3 Å². The minimum absolute atomic E-state index is 0.164. The van der Waals surface area contributed by atoms with Gasteiger partial charge in [0.25, 0.3) is 5.91 Å². The van der Waals surface area contributed by atoms with Crippen LogP contribution in [0.25, 0.3) is 10.8 Å². The Morgan fingerprint density at radius 1 is 1.08 bits per heavy atom. The number of halogens is 1. The second-order valence-electron chi connectivity index (χ2n) is 5.57. The van der Waals surface area contributed by atoms with Crippen LogP contribution < -0.4 is 10.1 Å². The molecule has 1 atom stereocenters. The van der Waals surface area contributed by atoms with Crippen molar-refractivity contribution < 1.29 is 9.53 Å². The lowest BCUT2D eigenvalue weighted by Crippen LogP contribution is -2.35. The molecular weight excluding hydrogens is 322 g/mol. The number of carbonyl (C=O) groups excluding carboxylic acids is 1. The smallest absolute Gasteiger partial charge is 0.261 e. The number of amides is 1. The zero-order valence-electron chi connectivity index (χ0n) is 13.3. The van der Waals surface area contributed by atoms with Crippen molar-refractivity contribution >= 4 is 28.3 Å². The molecule has 0 bridgehead atoms. The highest BCUT2D eigenvalue weighted by atomic mass is 35.5. The van der Waals surface area contributed by atoms with Crippen LogP contribution in [0.15, 0.2) is 66.7 Å². The van der Waals surface area contributed by atoms with Gasteiger partial charge in [-0.3, -0.25) is 4.79 Å². The SMILES string of the molecule is C[C@@H](Oc1cccc(Cl)c1)C(=O)NCc1cccc2ccccc12. The molecule has 0 saturated carbocycles. The fraction of sp³-hybridized carbons (Fsp3) is 0.150. The van der Waals surface area contributed by atoms with Crippen LogP contribution in [0.4, 0.5) is 0 Å². The number of ether oxygens (including phenoxy) is 1. The quantitative estimate of drug-likeness (QED) is 0.739. The van der Waals surface area contributed by atoms with E-state index in [0.717, 1.165) is 16.3 Å². The summed E-state index contributed by atoms with van der Waals surface area (Å²) in [5.41, 5.74) is 1.08. The van der Waals surface area contributed by atoms with E-state index >= 15 is 0 Å². The van der Waals surface area contributed by atoms with Crippen LogP contribution in [0.2, 0.25) is 5.02 Å². The Labute approximate surface area is 146 Å². The molecule has 3 aromatic carbocycles. The number of rotatable bonds is 5. The topological polar surface area (TPSA) is 38.3 Å². The van der Waals surface area contributed by atoms with Gasteiger partial charge in [0.2, 0.25) is 0 Å². The predicted molar refractivity (Wildman–Crippen MR) is 97.3 cm³/mol. The molecule has 3 aromatic rings. The molecular formula is C20H18ClNO2. The Morgan fingerprint density at radius 3 is 2.67 bits per heavy atom. The highest BCUT2D eigenvalue weighted by molar-refractivity contribution is 6.30. The maximum absolute atomic E-state index is 12.3. The molecule has 3 rings (SSSR count). The van der Waals surface area contributed by atoms with Crippen molar-refractivity contribution in [3.05, 3.63) is 77.3 Å². The van der Waals surface area contributed by atoms with E-state index in [2.05, 4.69) is 23.5 Å². The summed E-state index contributed by atoms with van der Waals surface area (Å²) >= 11 is 5.92. The number of carbonyl (C=O) groups is 1. The molecule has 0 fully saturated rings. The molecule has 0 spiro atoms. The van der Waals surface area contributed by atoms with Crippen LogP contribution >= 0.6 is 11.6 Å². The van der Waals surface area contributed by atoms with E-state index in [1.165, 1.54) is 0 Å². The summed E-state index contributed by atoms with van der Waals surface area (Å²) in [6.07, 6.45) is -0.599. The summed E-state index contributed by atoms with van der Waals surface area (Å²) in [6, 6.07) is 21.2. The van der Waals surface area contributed by atoms with Crippen molar-refractivity contribution in [1.29, 1.82) is 0 Å². The lowest BCUT2D eigenvalue weighted by molar-refractivity contribution is -0.127. The number of nitrogens with one attached hydrogen (secondary N) is 1. The standard InChI is InChI=1S/C20H18ClNO2/c1-14(24-18-10-5-9-17(21)12-18)20(23)22-13-16-8-4-7-15-6-2-3-11-19(15)16/h2-12,14H,13H2,1H3,(H,22,23)/t14-/m1/s1. The van der Waals surface area contributed by atoms with Crippen molar-refractivity contribution in [2.45, 2.75) is 19.6 Å². The highest BCUT2D eigenvalue weighted by Gasteiger charge is 2.14. The van der Waals surface area contributed by atoms with E-state index in [4.69, 9.17) is 16.3 Å². The van der Waals surface area contributed by atoms with Gasteiger partial charge < -0.3 is 10.1 Å². The Kier molecular flexibility index (Phi) is 5.02. The minimum Gasteiger partial charge on any atom is -0.481 e. The number of hydrogen-bond acceptors (Lipinski definition) is 2. The minimum atomic E-state index is -0.599. The molecule has 1 N–H and O–H groups in total. The lowest BCUT2D eigenvalue weighted by Gasteiger charge is -2.15. The first kappa shape index (κ1) is 16.3.